The van der Waals surface area contributed by atoms with E-state index in [1.165, 1.54) is 0 Å². The molecule has 1 fully saturated rings. The zero-order valence-electron chi connectivity index (χ0n) is 7.12. The van der Waals surface area contributed by atoms with E-state index in [1.54, 1.807) is 0 Å². The molecule has 1 aliphatic rings. The topological polar surface area (TPSA) is 32.7 Å². The Labute approximate surface area is 68.0 Å². The number of rotatable bonds is 2. The molecule has 0 aromatic carbocycles. The molecule has 0 aliphatic carbocycles. The minimum absolute atomic E-state index is 0.0755. The Morgan fingerprint density at radius 2 is 2.36 bits per heavy atom. The second kappa shape index (κ2) is 4.70. The number of ether oxygens (including phenoxy) is 1. The fraction of sp³-hybridized carbons (Fsp3) is 1.00. The van der Waals surface area contributed by atoms with E-state index in [0.717, 1.165) is 32.7 Å². The Balaban J connectivity index is 2.27. The lowest BCUT2D eigenvalue weighted by molar-refractivity contribution is 0.0210. The van der Waals surface area contributed by atoms with Crippen LogP contribution in [0.25, 0.3) is 0 Å². The molecule has 3 heteroatoms. The van der Waals surface area contributed by atoms with E-state index in [9.17, 15) is 0 Å². The van der Waals surface area contributed by atoms with E-state index in [2.05, 4.69) is 11.8 Å². The molecule has 0 spiro atoms. The van der Waals surface area contributed by atoms with Crippen molar-refractivity contribution in [2.75, 3.05) is 32.8 Å². The van der Waals surface area contributed by atoms with Gasteiger partial charge in [-0.15, -0.1) is 0 Å². The van der Waals surface area contributed by atoms with Crippen LogP contribution in [0.3, 0.4) is 0 Å². The maximum absolute atomic E-state index is 8.83. The Kier molecular flexibility index (Phi) is 3.83. The first kappa shape index (κ1) is 8.97. The highest BCUT2D eigenvalue weighted by molar-refractivity contribution is 4.66. The SMILES string of the molecule is CCN1CCOC(CO)CC1. The van der Waals surface area contributed by atoms with Crippen LogP contribution in [0.15, 0.2) is 0 Å². The van der Waals surface area contributed by atoms with Crippen molar-refractivity contribution in [1.82, 2.24) is 4.90 Å². The van der Waals surface area contributed by atoms with E-state index in [1.807, 2.05) is 0 Å². The molecule has 66 valence electrons. The third-order valence-corrected chi connectivity index (χ3v) is 2.18. The van der Waals surface area contributed by atoms with Crippen molar-refractivity contribution < 1.29 is 9.84 Å². The van der Waals surface area contributed by atoms with Crippen LogP contribution in [0.1, 0.15) is 13.3 Å². The molecular weight excluding hydrogens is 142 g/mol. The summed E-state index contributed by atoms with van der Waals surface area (Å²) in [7, 11) is 0. The Morgan fingerprint density at radius 1 is 1.55 bits per heavy atom. The van der Waals surface area contributed by atoms with Crippen molar-refractivity contribution in [3.63, 3.8) is 0 Å². The summed E-state index contributed by atoms with van der Waals surface area (Å²) >= 11 is 0. The largest absolute Gasteiger partial charge is 0.394 e. The number of nitrogens with zero attached hydrogens (tertiary/aromatic N) is 1. The molecule has 1 aliphatic heterocycles. The number of likely N-dealkylation sites (N-methyl/N-ethyl adjacent to an activating group) is 1. The maximum atomic E-state index is 8.83. The van der Waals surface area contributed by atoms with Crippen molar-refractivity contribution in [1.29, 1.82) is 0 Å². The van der Waals surface area contributed by atoms with Crippen molar-refractivity contribution in [3.05, 3.63) is 0 Å². The van der Waals surface area contributed by atoms with E-state index in [-0.39, 0.29) is 12.7 Å². The highest BCUT2D eigenvalue weighted by Gasteiger charge is 2.14. The molecule has 0 aromatic rings. The first-order chi connectivity index (χ1) is 5.36. The van der Waals surface area contributed by atoms with E-state index in [0.29, 0.717) is 0 Å². The maximum Gasteiger partial charge on any atom is 0.0818 e. The van der Waals surface area contributed by atoms with Gasteiger partial charge in [0.05, 0.1) is 19.3 Å². The number of aliphatic hydroxyl groups is 1. The number of hydrogen-bond donors (Lipinski definition) is 1. The highest BCUT2D eigenvalue weighted by Crippen LogP contribution is 2.05. The van der Waals surface area contributed by atoms with Gasteiger partial charge in [0.2, 0.25) is 0 Å². The van der Waals surface area contributed by atoms with Crippen LogP contribution in [0, 0.1) is 0 Å². The summed E-state index contributed by atoms with van der Waals surface area (Å²) in [5.74, 6) is 0. The number of aliphatic hydroxyl groups excluding tert-OH is 1. The number of hydrogen-bond acceptors (Lipinski definition) is 3. The average molecular weight is 159 g/mol. The summed E-state index contributed by atoms with van der Waals surface area (Å²) < 4.78 is 5.39. The van der Waals surface area contributed by atoms with Gasteiger partial charge in [0.1, 0.15) is 0 Å². The fourth-order valence-electron chi connectivity index (χ4n) is 1.33. The normalized spacial score (nSPS) is 28.4. The smallest absolute Gasteiger partial charge is 0.0818 e. The van der Waals surface area contributed by atoms with Crippen molar-refractivity contribution in [3.8, 4) is 0 Å². The summed E-state index contributed by atoms with van der Waals surface area (Å²) in [6, 6.07) is 0. The van der Waals surface area contributed by atoms with Crippen LogP contribution < -0.4 is 0 Å². The summed E-state index contributed by atoms with van der Waals surface area (Å²) in [6.45, 7) is 6.23. The molecule has 0 bridgehead atoms. The van der Waals surface area contributed by atoms with Crippen LogP contribution in [0.4, 0.5) is 0 Å². The molecule has 3 nitrogen and oxygen atoms in total. The molecule has 1 rings (SSSR count). The van der Waals surface area contributed by atoms with E-state index in [4.69, 9.17) is 9.84 Å². The van der Waals surface area contributed by atoms with Gasteiger partial charge >= 0.3 is 0 Å². The van der Waals surface area contributed by atoms with Gasteiger partial charge in [-0.3, -0.25) is 0 Å². The molecule has 1 atom stereocenters. The summed E-state index contributed by atoms with van der Waals surface area (Å²) in [5.41, 5.74) is 0. The quantitative estimate of drug-likeness (QED) is 0.620. The predicted octanol–water partition coefficient (Wildman–Crippen LogP) is 0.0895. The lowest BCUT2D eigenvalue weighted by atomic mass is 10.2. The lowest BCUT2D eigenvalue weighted by Crippen LogP contribution is -2.25. The first-order valence-corrected chi connectivity index (χ1v) is 4.31. The molecule has 1 unspecified atom stereocenters. The van der Waals surface area contributed by atoms with Crippen LogP contribution in [-0.2, 0) is 4.74 Å². The Morgan fingerprint density at radius 3 is 3.00 bits per heavy atom. The summed E-state index contributed by atoms with van der Waals surface area (Å²) in [6.07, 6.45) is 1.04. The zero-order chi connectivity index (χ0) is 8.10. The summed E-state index contributed by atoms with van der Waals surface area (Å²) in [5, 5.41) is 8.83. The van der Waals surface area contributed by atoms with Crippen LogP contribution in [0.5, 0.6) is 0 Å². The molecule has 11 heavy (non-hydrogen) atoms. The third kappa shape index (κ3) is 2.77. The third-order valence-electron chi connectivity index (χ3n) is 2.18. The van der Waals surface area contributed by atoms with E-state index >= 15 is 0 Å². The van der Waals surface area contributed by atoms with Crippen molar-refractivity contribution in [2.24, 2.45) is 0 Å². The van der Waals surface area contributed by atoms with Gasteiger partial charge in [-0.2, -0.15) is 0 Å². The Bertz CT molecular complexity index is 96.3. The van der Waals surface area contributed by atoms with Gasteiger partial charge in [0.25, 0.3) is 0 Å². The average Bonchev–Trinajstić information content (AvgIpc) is 2.28. The highest BCUT2D eigenvalue weighted by atomic mass is 16.5. The summed E-state index contributed by atoms with van der Waals surface area (Å²) in [4.78, 5) is 2.34. The van der Waals surface area contributed by atoms with Gasteiger partial charge in [0.15, 0.2) is 0 Å². The molecule has 1 saturated heterocycles. The van der Waals surface area contributed by atoms with Gasteiger partial charge in [-0.05, 0) is 13.0 Å². The molecule has 0 saturated carbocycles. The first-order valence-electron chi connectivity index (χ1n) is 4.31. The molecule has 0 amide bonds. The second-order valence-electron chi connectivity index (χ2n) is 2.90. The van der Waals surface area contributed by atoms with Crippen LogP contribution >= 0.6 is 0 Å². The minimum atomic E-state index is 0.0755. The van der Waals surface area contributed by atoms with Crippen molar-refractivity contribution in [2.45, 2.75) is 19.4 Å². The van der Waals surface area contributed by atoms with Crippen molar-refractivity contribution >= 4 is 0 Å². The van der Waals surface area contributed by atoms with E-state index < -0.39 is 0 Å². The minimum Gasteiger partial charge on any atom is -0.394 e. The lowest BCUT2D eigenvalue weighted by Gasteiger charge is -2.15. The van der Waals surface area contributed by atoms with Gasteiger partial charge in [-0.25, -0.2) is 0 Å². The van der Waals surface area contributed by atoms with Gasteiger partial charge < -0.3 is 14.7 Å². The standard InChI is InChI=1S/C8H17NO2/c1-2-9-4-3-8(7-10)11-6-5-9/h8,10H,2-7H2,1H3. The van der Waals surface area contributed by atoms with Gasteiger partial charge in [0, 0.05) is 13.1 Å². The monoisotopic (exact) mass is 159 g/mol. The zero-order valence-corrected chi connectivity index (χ0v) is 7.12. The molecule has 1 heterocycles. The van der Waals surface area contributed by atoms with Crippen LogP contribution in [-0.4, -0.2) is 49.0 Å². The molecule has 0 aromatic heterocycles. The second-order valence-corrected chi connectivity index (χ2v) is 2.90. The van der Waals surface area contributed by atoms with Crippen LogP contribution in [0.2, 0.25) is 0 Å². The fourth-order valence-corrected chi connectivity index (χ4v) is 1.33. The molecule has 1 N–H and O–H groups in total. The molecule has 0 radical (unpaired) electrons. The predicted molar refractivity (Wildman–Crippen MR) is 43.6 cm³/mol. The molecular formula is C8H17NO2. The Hall–Kier alpha value is -0.120. The van der Waals surface area contributed by atoms with Gasteiger partial charge in [-0.1, -0.05) is 6.92 Å².